The Labute approximate surface area is 138 Å². The predicted octanol–water partition coefficient (Wildman–Crippen LogP) is 3.83. The zero-order chi connectivity index (χ0) is 16.4. The van der Waals surface area contributed by atoms with E-state index in [2.05, 4.69) is 20.4 Å². The van der Waals surface area contributed by atoms with Crippen LogP contribution in [0.25, 0.3) is 16.3 Å². The molecule has 0 aliphatic heterocycles. The number of rotatable bonds is 5. The summed E-state index contributed by atoms with van der Waals surface area (Å²) in [5.41, 5.74) is 1.74. The summed E-state index contributed by atoms with van der Waals surface area (Å²) in [5.74, 6) is 1.17. The van der Waals surface area contributed by atoms with E-state index in [-0.39, 0.29) is 11.8 Å². The van der Waals surface area contributed by atoms with Gasteiger partial charge in [0.15, 0.2) is 5.13 Å². The molecule has 7 heteroatoms. The number of aromatic nitrogens is 3. The van der Waals surface area contributed by atoms with Crippen LogP contribution in [0.5, 0.6) is 0 Å². The van der Waals surface area contributed by atoms with Crippen molar-refractivity contribution in [2.24, 2.45) is 5.92 Å². The van der Waals surface area contributed by atoms with Crippen LogP contribution in [0.1, 0.15) is 38.3 Å². The fourth-order valence-electron chi connectivity index (χ4n) is 2.06. The first kappa shape index (κ1) is 15.6. The number of aryl methyl sites for hydroxylation is 1. The smallest absolute Gasteiger partial charge is 0.229 e. The summed E-state index contributed by atoms with van der Waals surface area (Å²) in [7, 11) is 0. The van der Waals surface area contributed by atoms with Crippen LogP contribution in [0.4, 0.5) is 5.13 Å². The second-order valence-electron chi connectivity index (χ2n) is 5.47. The third-order valence-electron chi connectivity index (χ3n) is 3.45. The number of nitrogens with one attached hydrogen (secondary N) is 1. The second-order valence-corrected chi connectivity index (χ2v) is 6.47. The summed E-state index contributed by atoms with van der Waals surface area (Å²) in [6, 6.07) is 0. The zero-order valence-corrected chi connectivity index (χ0v) is 14.1. The standard InChI is InChI=1S/C16H18N4O2S/c1-4-5-6-9(2)12-13(14-17-10(3)22-20-14)23-16(18-12)19-15(21)11-7-8-11/h4-6,11H,7-8H2,1-3H3,(H,18,19,21)/b5-4-,9-6+. The normalized spacial score (nSPS) is 15.3. The van der Waals surface area contributed by atoms with Gasteiger partial charge in [0.05, 0.1) is 5.69 Å². The fourth-order valence-corrected chi connectivity index (χ4v) is 3.02. The Bertz CT molecular complexity index is 784. The number of anilines is 1. The van der Waals surface area contributed by atoms with Crippen LogP contribution in [-0.2, 0) is 4.79 Å². The molecule has 0 radical (unpaired) electrons. The van der Waals surface area contributed by atoms with Crippen LogP contribution >= 0.6 is 11.3 Å². The number of hydrogen-bond donors (Lipinski definition) is 1. The number of allylic oxidation sites excluding steroid dienone is 4. The van der Waals surface area contributed by atoms with Crippen molar-refractivity contribution in [1.82, 2.24) is 15.1 Å². The van der Waals surface area contributed by atoms with E-state index in [0.717, 1.165) is 29.0 Å². The SMILES string of the molecule is C/C=C\C=C(/C)c1nc(NC(=O)C2CC2)sc1-c1noc(C)n1. The average molecular weight is 330 g/mol. The lowest BCUT2D eigenvalue weighted by Crippen LogP contribution is -2.12. The number of hydrogen-bond acceptors (Lipinski definition) is 6. The molecular weight excluding hydrogens is 312 g/mol. The summed E-state index contributed by atoms with van der Waals surface area (Å²) < 4.78 is 5.07. The van der Waals surface area contributed by atoms with Gasteiger partial charge in [0.2, 0.25) is 17.6 Å². The molecule has 3 rings (SSSR count). The Morgan fingerprint density at radius 1 is 1.39 bits per heavy atom. The zero-order valence-electron chi connectivity index (χ0n) is 13.3. The van der Waals surface area contributed by atoms with Crippen molar-refractivity contribution in [1.29, 1.82) is 0 Å². The predicted molar refractivity (Wildman–Crippen MR) is 90.0 cm³/mol. The minimum absolute atomic E-state index is 0.0382. The van der Waals surface area contributed by atoms with Gasteiger partial charge in [-0.05, 0) is 32.3 Å². The van der Waals surface area contributed by atoms with Gasteiger partial charge in [0, 0.05) is 12.8 Å². The van der Waals surface area contributed by atoms with Crippen molar-refractivity contribution in [2.75, 3.05) is 5.32 Å². The summed E-state index contributed by atoms with van der Waals surface area (Å²) in [4.78, 5) is 21.6. The van der Waals surface area contributed by atoms with Gasteiger partial charge in [-0.25, -0.2) is 4.98 Å². The highest BCUT2D eigenvalue weighted by Crippen LogP contribution is 2.37. The Balaban J connectivity index is 1.97. The van der Waals surface area contributed by atoms with Crippen molar-refractivity contribution in [2.45, 2.75) is 33.6 Å². The van der Waals surface area contributed by atoms with Gasteiger partial charge >= 0.3 is 0 Å². The molecule has 0 bridgehead atoms. The highest BCUT2D eigenvalue weighted by atomic mass is 32.1. The van der Waals surface area contributed by atoms with E-state index in [9.17, 15) is 4.79 Å². The summed E-state index contributed by atoms with van der Waals surface area (Å²) >= 11 is 1.37. The van der Waals surface area contributed by atoms with Gasteiger partial charge in [0.25, 0.3) is 0 Å². The van der Waals surface area contributed by atoms with E-state index in [1.807, 2.05) is 32.1 Å². The Morgan fingerprint density at radius 3 is 2.78 bits per heavy atom. The lowest BCUT2D eigenvalue weighted by Gasteiger charge is -1.98. The van der Waals surface area contributed by atoms with E-state index in [1.165, 1.54) is 11.3 Å². The van der Waals surface area contributed by atoms with Crippen LogP contribution in [-0.4, -0.2) is 21.0 Å². The minimum Gasteiger partial charge on any atom is -0.339 e. The van der Waals surface area contributed by atoms with Crippen molar-refractivity contribution in [3.63, 3.8) is 0 Å². The molecule has 120 valence electrons. The third kappa shape index (κ3) is 3.56. The molecule has 2 aromatic rings. The van der Waals surface area contributed by atoms with Crippen LogP contribution in [0.3, 0.4) is 0 Å². The van der Waals surface area contributed by atoms with E-state index in [1.54, 1.807) is 6.92 Å². The van der Waals surface area contributed by atoms with E-state index >= 15 is 0 Å². The molecule has 1 saturated carbocycles. The molecule has 0 unspecified atom stereocenters. The third-order valence-corrected chi connectivity index (χ3v) is 4.42. The summed E-state index contributed by atoms with van der Waals surface area (Å²) in [5, 5.41) is 7.44. The molecular formula is C16H18N4O2S. The van der Waals surface area contributed by atoms with Gasteiger partial charge < -0.3 is 9.84 Å². The number of nitrogens with zero attached hydrogens (tertiary/aromatic N) is 3. The maximum atomic E-state index is 12.0. The largest absolute Gasteiger partial charge is 0.339 e. The number of amides is 1. The molecule has 0 spiro atoms. The Hall–Kier alpha value is -2.28. The molecule has 23 heavy (non-hydrogen) atoms. The molecule has 6 nitrogen and oxygen atoms in total. The van der Waals surface area contributed by atoms with Gasteiger partial charge in [-0.15, -0.1) is 0 Å². The molecule has 0 aromatic carbocycles. The number of thiazole rings is 1. The molecule has 2 aromatic heterocycles. The molecule has 0 saturated heterocycles. The molecule has 1 amide bonds. The molecule has 1 aliphatic rings. The van der Waals surface area contributed by atoms with Crippen molar-refractivity contribution < 1.29 is 9.32 Å². The number of carbonyl (C=O) groups is 1. The summed E-state index contributed by atoms with van der Waals surface area (Å²) in [6.07, 6.45) is 7.78. The maximum absolute atomic E-state index is 12.0. The van der Waals surface area contributed by atoms with Crippen molar-refractivity contribution in [3.8, 4) is 10.7 Å². The lowest BCUT2D eigenvalue weighted by molar-refractivity contribution is -0.117. The van der Waals surface area contributed by atoms with Gasteiger partial charge in [-0.1, -0.05) is 34.7 Å². The highest BCUT2D eigenvalue weighted by Gasteiger charge is 2.30. The monoisotopic (exact) mass is 330 g/mol. The van der Waals surface area contributed by atoms with Gasteiger partial charge in [0.1, 0.15) is 4.88 Å². The first-order valence-electron chi connectivity index (χ1n) is 7.50. The van der Waals surface area contributed by atoms with Crippen LogP contribution in [0, 0.1) is 12.8 Å². The van der Waals surface area contributed by atoms with Gasteiger partial charge in [-0.3, -0.25) is 4.79 Å². The molecule has 1 N–H and O–H groups in total. The fraction of sp³-hybridized carbons (Fsp3) is 0.375. The first-order valence-corrected chi connectivity index (χ1v) is 8.32. The molecule has 0 atom stereocenters. The van der Waals surface area contributed by atoms with E-state index < -0.39 is 0 Å². The maximum Gasteiger partial charge on any atom is 0.229 e. The highest BCUT2D eigenvalue weighted by molar-refractivity contribution is 7.19. The van der Waals surface area contributed by atoms with Crippen LogP contribution in [0.15, 0.2) is 22.8 Å². The van der Waals surface area contributed by atoms with Crippen molar-refractivity contribution >= 4 is 27.9 Å². The van der Waals surface area contributed by atoms with E-state index in [4.69, 9.17) is 4.52 Å². The van der Waals surface area contributed by atoms with Crippen LogP contribution in [0.2, 0.25) is 0 Å². The van der Waals surface area contributed by atoms with Gasteiger partial charge in [-0.2, -0.15) is 4.98 Å². The molecule has 1 aliphatic carbocycles. The topological polar surface area (TPSA) is 80.9 Å². The minimum atomic E-state index is 0.0382. The van der Waals surface area contributed by atoms with E-state index in [0.29, 0.717) is 16.8 Å². The molecule has 1 fully saturated rings. The number of carbonyl (C=O) groups excluding carboxylic acids is 1. The summed E-state index contributed by atoms with van der Waals surface area (Å²) in [6.45, 7) is 5.67. The molecule has 2 heterocycles. The Morgan fingerprint density at radius 2 is 2.17 bits per heavy atom. The first-order chi connectivity index (χ1) is 11.1. The average Bonchev–Trinajstić information content (AvgIpc) is 3.17. The Kier molecular flexibility index (Phi) is 4.38. The van der Waals surface area contributed by atoms with Crippen LogP contribution < -0.4 is 5.32 Å². The lowest BCUT2D eigenvalue weighted by atomic mass is 10.1. The van der Waals surface area contributed by atoms with Crippen molar-refractivity contribution in [3.05, 3.63) is 29.8 Å². The second kappa shape index (κ2) is 6.45. The quantitative estimate of drug-likeness (QED) is 0.843.